The van der Waals surface area contributed by atoms with E-state index in [1.54, 1.807) is 0 Å². The van der Waals surface area contributed by atoms with E-state index in [1.165, 1.54) is 10.9 Å². The lowest BCUT2D eigenvalue weighted by Gasteiger charge is -2.35. The number of aromatic nitrogens is 1. The summed E-state index contributed by atoms with van der Waals surface area (Å²) < 4.78 is 0. The fourth-order valence-electron chi connectivity index (χ4n) is 2.81. The Labute approximate surface area is 125 Å². The molecule has 106 valence electrons. The lowest BCUT2D eigenvalue weighted by molar-refractivity contribution is 0.270. The maximum absolute atomic E-state index is 6.09. The molecule has 3 rings (SSSR count). The average Bonchev–Trinajstić information content (AvgIpc) is 2.46. The van der Waals surface area contributed by atoms with Crippen LogP contribution in [0.1, 0.15) is 12.5 Å². The molecule has 0 unspecified atom stereocenters. The standard InChI is InChI=1S/C16H20ClN3/c1-3-19-6-8-20(9-7-19)16-10-12(2)14-5-4-13(17)11-15(14)18-16/h4-5,10-11H,3,6-9H2,1-2H3. The maximum Gasteiger partial charge on any atom is 0.129 e. The van der Waals surface area contributed by atoms with Crippen molar-refractivity contribution in [3.8, 4) is 0 Å². The van der Waals surface area contributed by atoms with Crippen molar-refractivity contribution in [2.75, 3.05) is 37.6 Å². The summed E-state index contributed by atoms with van der Waals surface area (Å²) in [5, 5.41) is 1.93. The van der Waals surface area contributed by atoms with E-state index in [4.69, 9.17) is 16.6 Å². The third-order valence-electron chi connectivity index (χ3n) is 4.11. The van der Waals surface area contributed by atoms with E-state index in [9.17, 15) is 0 Å². The topological polar surface area (TPSA) is 19.4 Å². The van der Waals surface area contributed by atoms with Gasteiger partial charge < -0.3 is 9.80 Å². The Morgan fingerprint density at radius 2 is 1.90 bits per heavy atom. The minimum absolute atomic E-state index is 0.748. The number of rotatable bonds is 2. The largest absolute Gasteiger partial charge is 0.354 e. The number of aryl methyl sites for hydroxylation is 1. The molecule has 2 heterocycles. The first-order valence-corrected chi connectivity index (χ1v) is 7.59. The van der Waals surface area contributed by atoms with Crippen molar-refractivity contribution >= 4 is 28.3 Å². The van der Waals surface area contributed by atoms with E-state index < -0.39 is 0 Å². The lowest BCUT2D eigenvalue weighted by Crippen LogP contribution is -2.46. The zero-order valence-electron chi connectivity index (χ0n) is 12.1. The molecule has 2 aromatic rings. The Balaban J connectivity index is 1.92. The van der Waals surface area contributed by atoms with Crippen molar-refractivity contribution in [2.45, 2.75) is 13.8 Å². The maximum atomic E-state index is 6.09. The van der Waals surface area contributed by atoms with Gasteiger partial charge in [0.15, 0.2) is 0 Å². The molecular formula is C16H20ClN3. The van der Waals surface area contributed by atoms with E-state index in [1.807, 2.05) is 12.1 Å². The highest BCUT2D eigenvalue weighted by Crippen LogP contribution is 2.25. The normalized spacial score (nSPS) is 16.9. The second kappa shape index (κ2) is 5.58. The van der Waals surface area contributed by atoms with Gasteiger partial charge >= 0.3 is 0 Å². The molecule has 4 heteroatoms. The number of hydrogen-bond acceptors (Lipinski definition) is 3. The third-order valence-corrected chi connectivity index (χ3v) is 4.34. The number of halogens is 1. The van der Waals surface area contributed by atoms with Crippen LogP contribution in [0.15, 0.2) is 24.3 Å². The zero-order chi connectivity index (χ0) is 14.1. The molecule has 1 aromatic carbocycles. The Bertz CT molecular complexity index is 618. The Kier molecular flexibility index (Phi) is 3.81. The van der Waals surface area contributed by atoms with Crippen molar-refractivity contribution < 1.29 is 0 Å². The van der Waals surface area contributed by atoms with Gasteiger partial charge in [0.2, 0.25) is 0 Å². The quantitative estimate of drug-likeness (QED) is 0.845. The lowest BCUT2D eigenvalue weighted by atomic mass is 10.1. The van der Waals surface area contributed by atoms with Gasteiger partial charge in [-0.15, -0.1) is 0 Å². The molecule has 1 aliphatic heterocycles. The predicted molar refractivity (Wildman–Crippen MR) is 85.8 cm³/mol. The first-order valence-electron chi connectivity index (χ1n) is 7.21. The van der Waals surface area contributed by atoms with Crippen LogP contribution < -0.4 is 4.90 Å². The first-order chi connectivity index (χ1) is 9.67. The van der Waals surface area contributed by atoms with Crippen molar-refractivity contribution in [2.24, 2.45) is 0 Å². The smallest absolute Gasteiger partial charge is 0.129 e. The molecule has 1 aromatic heterocycles. The molecule has 0 saturated carbocycles. The number of hydrogen-bond donors (Lipinski definition) is 0. The number of nitrogens with zero attached hydrogens (tertiary/aromatic N) is 3. The van der Waals surface area contributed by atoms with Crippen molar-refractivity contribution in [3.63, 3.8) is 0 Å². The van der Waals surface area contributed by atoms with Gasteiger partial charge in [-0.25, -0.2) is 4.98 Å². The number of anilines is 1. The molecule has 3 nitrogen and oxygen atoms in total. The highest BCUT2D eigenvalue weighted by molar-refractivity contribution is 6.31. The molecule has 0 aliphatic carbocycles. The molecule has 20 heavy (non-hydrogen) atoms. The molecule has 1 aliphatic rings. The number of benzene rings is 1. The summed E-state index contributed by atoms with van der Waals surface area (Å²) in [6, 6.07) is 8.13. The Hall–Kier alpha value is -1.32. The average molecular weight is 290 g/mol. The minimum Gasteiger partial charge on any atom is -0.354 e. The minimum atomic E-state index is 0.748. The molecule has 0 bridgehead atoms. The van der Waals surface area contributed by atoms with Crippen LogP contribution in [-0.2, 0) is 0 Å². The van der Waals surface area contributed by atoms with Gasteiger partial charge in [-0.05, 0) is 37.2 Å². The number of pyridine rings is 1. The fraction of sp³-hybridized carbons (Fsp3) is 0.438. The second-order valence-electron chi connectivity index (χ2n) is 5.38. The molecule has 0 N–H and O–H groups in total. The summed E-state index contributed by atoms with van der Waals surface area (Å²) in [6.07, 6.45) is 0. The van der Waals surface area contributed by atoms with Gasteiger partial charge in [0.05, 0.1) is 5.52 Å². The monoisotopic (exact) mass is 289 g/mol. The van der Waals surface area contributed by atoms with Crippen molar-refractivity contribution in [1.82, 2.24) is 9.88 Å². The molecule has 0 radical (unpaired) electrons. The van der Waals surface area contributed by atoms with E-state index in [-0.39, 0.29) is 0 Å². The molecule has 0 amide bonds. The van der Waals surface area contributed by atoms with Crippen LogP contribution in [0.25, 0.3) is 10.9 Å². The van der Waals surface area contributed by atoms with Gasteiger partial charge in [0.1, 0.15) is 5.82 Å². The van der Waals surface area contributed by atoms with Crippen LogP contribution >= 0.6 is 11.6 Å². The summed E-state index contributed by atoms with van der Waals surface area (Å²) in [5.74, 6) is 1.08. The van der Waals surface area contributed by atoms with Gasteiger partial charge in [-0.3, -0.25) is 0 Å². The number of piperazine rings is 1. The van der Waals surface area contributed by atoms with Gasteiger partial charge in [0.25, 0.3) is 0 Å². The highest BCUT2D eigenvalue weighted by atomic mass is 35.5. The predicted octanol–water partition coefficient (Wildman–Crippen LogP) is 3.34. The van der Waals surface area contributed by atoms with Gasteiger partial charge in [-0.2, -0.15) is 0 Å². The number of likely N-dealkylation sites (N-methyl/N-ethyl adjacent to an activating group) is 1. The van der Waals surface area contributed by atoms with Gasteiger partial charge in [-0.1, -0.05) is 24.6 Å². The van der Waals surface area contributed by atoms with Crippen molar-refractivity contribution in [3.05, 3.63) is 34.9 Å². The van der Waals surface area contributed by atoms with E-state index in [0.717, 1.165) is 49.1 Å². The van der Waals surface area contributed by atoms with Crippen LogP contribution in [0.4, 0.5) is 5.82 Å². The Morgan fingerprint density at radius 3 is 2.60 bits per heavy atom. The van der Waals surface area contributed by atoms with Crippen LogP contribution in [-0.4, -0.2) is 42.6 Å². The summed E-state index contributed by atoms with van der Waals surface area (Å²) >= 11 is 6.09. The van der Waals surface area contributed by atoms with Crippen LogP contribution in [0.3, 0.4) is 0 Å². The fourth-order valence-corrected chi connectivity index (χ4v) is 2.98. The molecule has 1 saturated heterocycles. The number of fused-ring (bicyclic) bond motifs is 1. The van der Waals surface area contributed by atoms with Gasteiger partial charge in [0, 0.05) is 36.6 Å². The van der Waals surface area contributed by atoms with E-state index >= 15 is 0 Å². The second-order valence-corrected chi connectivity index (χ2v) is 5.82. The van der Waals surface area contributed by atoms with Crippen molar-refractivity contribution in [1.29, 1.82) is 0 Å². The van der Waals surface area contributed by atoms with Crippen LogP contribution in [0, 0.1) is 6.92 Å². The van der Waals surface area contributed by atoms with Crippen LogP contribution in [0.2, 0.25) is 5.02 Å². The summed E-state index contributed by atoms with van der Waals surface area (Å²) in [5.41, 5.74) is 2.25. The van der Waals surface area contributed by atoms with Crippen LogP contribution in [0.5, 0.6) is 0 Å². The summed E-state index contributed by atoms with van der Waals surface area (Å²) in [7, 11) is 0. The molecule has 0 spiro atoms. The Morgan fingerprint density at radius 1 is 1.15 bits per heavy atom. The highest BCUT2D eigenvalue weighted by Gasteiger charge is 2.17. The zero-order valence-corrected chi connectivity index (χ0v) is 12.8. The summed E-state index contributed by atoms with van der Waals surface area (Å²) in [6.45, 7) is 9.82. The summed E-state index contributed by atoms with van der Waals surface area (Å²) in [4.78, 5) is 9.64. The first kappa shape index (κ1) is 13.7. The molecule has 0 atom stereocenters. The molecule has 1 fully saturated rings. The SMILES string of the molecule is CCN1CCN(c2cc(C)c3ccc(Cl)cc3n2)CC1. The third kappa shape index (κ3) is 2.60. The molecular weight excluding hydrogens is 270 g/mol. The van der Waals surface area contributed by atoms with E-state index in [0.29, 0.717) is 0 Å². The van der Waals surface area contributed by atoms with E-state index in [2.05, 4.69) is 35.8 Å².